The second-order valence-electron chi connectivity index (χ2n) is 8.84. The van der Waals surface area contributed by atoms with Gasteiger partial charge in [0.2, 0.25) is 17.6 Å². The van der Waals surface area contributed by atoms with Crippen molar-refractivity contribution in [2.24, 2.45) is 11.7 Å². The third kappa shape index (κ3) is 4.51. The van der Waals surface area contributed by atoms with E-state index in [1.165, 1.54) is 0 Å². The van der Waals surface area contributed by atoms with Crippen LogP contribution >= 0.6 is 11.6 Å². The van der Waals surface area contributed by atoms with Crippen molar-refractivity contribution in [3.8, 4) is 0 Å². The molecule has 1 fully saturated rings. The maximum atomic E-state index is 13.3. The summed E-state index contributed by atoms with van der Waals surface area (Å²) in [5, 5.41) is 9.87. The van der Waals surface area contributed by atoms with E-state index < -0.39 is 0 Å². The second kappa shape index (κ2) is 9.50. The van der Waals surface area contributed by atoms with Crippen molar-refractivity contribution in [2.45, 2.75) is 32.2 Å². The number of carbonyl (C=O) groups excluding carboxylic acids is 2. The number of amides is 2. The van der Waals surface area contributed by atoms with Crippen LogP contribution in [0.3, 0.4) is 0 Å². The molecule has 0 aliphatic carbocycles. The number of likely N-dealkylation sites (tertiary alicyclic amines) is 1. The standard InChI is InChI=1S/C25H25ClN6O3/c26-18-7-5-16(6-8-18)15-31-24(35)19-3-1-2-4-20(19)32-21(28-29-25(31)32)9-10-22(33)30-13-11-17(12-14-30)23(27)34/h1-8,17H,9-15H2,(H2,27,34). The van der Waals surface area contributed by atoms with Crippen LogP contribution in [0.2, 0.25) is 5.02 Å². The fourth-order valence-corrected chi connectivity index (χ4v) is 4.81. The molecule has 35 heavy (non-hydrogen) atoms. The first-order valence-electron chi connectivity index (χ1n) is 11.6. The van der Waals surface area contributed by atoms with E-state index >= 15 is 0 Å². The van der Waals surface area contributed by atoms with Crippen molar-refractivity contribution >= 4 is 40.1 Å². The molecule has 0 spiro atoms. The third-order valence-electron chi connectivity index (χ3n) is 6.64. The Morgan fingerprint density at radius 2 is 1.74 bits per heavy atom. The van der Waals surface area contributed by atoms with Crippen LogP contribution in [0.4, 0.5) is 0 Å². The lowest BCUT2D eigenvalue weighted by molar-refractivity contribution is -0.134. The van der Waals surface area contributed by atoms with Gasteiger partial charge in [0.1, 0.15) is 5.82 Å². The molecule has 0 saturated carbocycles. The second-order valence-corrected chi connectivity index (χ2v) is 9.28. The molecule has 9 nitrogen and oxygen atoms in total. The Kier molecular flexibility index (Phi) is 6.25. The number of aryl methyl sites for hydroxylation is 1. The van der Waals surface area contributed by atoms with E-state index in [0.717, 1.165) is 5.56 Å². The molecule has 1 aliphatic rings. The number of piperidine rings is 1. The zero-order valence-corrected chi connectivity index (χ0v) is 19.8. The van der Waals surface area contributed by atoms with Crippen molar-refractivity contribution < 1.29 is 9.59 Å². The van der Waals surface area contributed by atoms with E-state index in [-0.39, 0.29) is 29.7 Å². The highest BCUT2D eigenvalue weighted by atomic mass is 35.5. The molecule has 2 amide bonds. The molecule has 1 aliphatic heterocycles. The quantitative estimate of drug-likeness (QED) is 0.443. The Labute approximate surface area is 206 Å². The normalized spacial score (nSPS) is 14.6. The number of fused-ring (bicyclic) bond motifs is 3. The Morgan fingerprint density at radius 3 is 2.46 bits per heavy atom. The molecular formula is C25H25ClN6O3. The number of primary amides is 1. The maximum Gasteiger partial charge on any atom is 0.263 e. The van der Waals surface area contributed by atoms with E-state index in [4.69, 9.17) is 17.3 Å². The predicted octanol–water partition coefficient (Wildman–Crippen LogP) is 2.40. The first-order valence-corrected chi connectivity index (χ1v) is 12.0. The predicted molar refractivity (Wildman–Crippen MR) is 132 cm³/mol. The molecule has 0 radical (unpaired) electrons. The van der Waals surface area contributed by atoms with Crippen LogP contribution in [0.5, 0.6) is 0 Å². The highest BCUT2D eigenvalue weighted by molar-refractivity contribution is 6.30. The number of hydrogen-bond acceptors (Lipinski definition) is 5. The summed E-state index contributed by atoms with van der Waals surface area (Å²) in [6, 6.07) is 14.6. The third-order valence-corrected chi connectivity index (χ3v) is 6.89. The van der Waals surface area contributed by atoms with Gasteiger partial charge in [-0.1, -0.05) is 35.9 Å². The number of rotatable bonds is 6. The van der Waals surface area contributed by atoms with Crippen LogP contribution in [-0.2, 0) is 22.6 Å². The molecule has 4 aromatic rings. The SMILES string of the molecule is NC(=O)C1CCN(C(=O)CCc2nnc3n(Cc4ccc(Cl)cc4)c(=O)c4ccccc4n23)CC1. The van der Waals surface area contributed by atoms with Gasteiger partial charge in [0.15, 0.2) is 0 Å². The van der Waals surface area contributed by atoms with E-state index in [2.05, 4.69) is 10.2 Å². The zero-order chi connectivity index (χ0) is 24.5. The average molecular weight is 493 g/mol. The summed E-state index contributed by atoms with van der Waals surface area (Å²) in [5.74, 6) is 0.574. The monoisotopic (exact) mass is 492 g/mol. The van der Waals surface area contributed by atoms with Crippen molar-refractivity contribution in [2.75, 3.05) is 13.1 Å². The first kappa shape index (κ1) is 23.0. The zero-order valence-electron chi connectivity index (χ0n) is 19.1. The number of benzene rings is 2. The van der Waals surface area contributed by atoms with Crippen molar-refractivity contribution in [1.29, 1.82) is 0 Å². The van der Waals surface area contributed by atoms with Gasteiger partial charge in [-0.05, 0) is 42.7 Å². The fourth-order valence-electron chi connectivity index (χ4n) is 4.68. The fraction of sp³-hybridized carbons (Fsp3) is 0.320. The van der Waals surface area contributed by atoms with Crippen molar-refractivity contribution in [3.63, 3.8) is 0 Å². The summed E-state index contributed by atoms with van der Waals surface area (Å²) in [5.41, 5.74) is 6.85. The van der Waals surface area contributed by atoms with E-state index in [1.807, 2.05) is 34.7 Å². The van der Waals surface area contributed by atoms with Gasteiger partial charge < -0.3 is 10.6 Å². The van der Waals surface area contributed by atoms with Crippen LogP contribution in [0.15, 0.2) is 53.3 Å². The minimum atomic E-state index is -0.302. The lowest BCUT2D eigenvalue weighted by Crippen LogP contribution is -2.41. The Morgan fingerprint density at radius 1 is 1.03 bits per heavy atom. The summed E-state index contributed by atoms with van der Waals surface area (Å²) < 4.78 is 3.46. The molecule has 2 aromatic carbocycles. The molecule has 2 aromatic heterocycles. The van der Waals surface area contributed by atoms with Gasteiger partial charge >= 0.3 is 0 Å². The van der Waals surface area contributed by atoms with Gasteiger partial charge in [0.05, 0.1) is 17.4 Å². The van der Waals surface area contributed by atoms with Crippen LogP contribution < -0.4 is 11.3 Å². The molecule has 5 rings (SSSR count). The molecule has 2 N–H and O–H groups in total. The summed E-state index contributed by atoms with van der Waals surface area (Å²) in [6.07, 6.45) is 1.82. The number of nitrogens with zero attached hydrogens (tertiary/aromatic N) is 5. The molecular weight excluding hydrogens is 468 g/mol. The molecule has 1 saturated heterocycles. The minimum Gasteiger partial charge on any atom is -0.369 e. The smallest absolute Gasteiger partial charge is 0.263 e. The lowest BCUT2D eigenvalue weighted by atomic mass is 9.96. The largest absolute Gasteiger partial charge is 0.369 e. The molecule has 10 heteroatoms. The van der Waals surface area contributed by atoms with Crippen molar-refractivity contribution in [1.82, 2.24) is 24.1 Å². The summed E-state index contributed by atoms with van der Waals surface area (Å²) >= 11 is 6.01. The lowest BCUT2D eigenvalue weighted by Gasteiger charge is -2.30. The molecule has 0 bridgehead atoms. The first-order chi connectivity index (χ1) is 16.9. The Bertz CT molecular complexity index is 1470. The Balaban J connectivity index is 1.44. The van der Waals surface area contributed by atoms with Crippen LogP contribution in [-0.4, -0.2) is 49.0 Å². The molecule has 3 heterocycles. The molecule has 0 atom stereocenters. The van der Waals surface area contributed by atoms with Gasteiger partial charge in [-0.2, -0.15) is 0 Å². The van der Waals surface area contributed by atoms with Crippen LogP contribution in [0.1, 0.15) is 30.7 Å². The van der Waals surface area contributed by atoms with Gasteiger partial charge in [-0.15, -0.1) is 10.2 Å². The number of para-hydroxylation sites is 1. The molecule has 180 valence electrons. The molecule has 0 unspecified atom stereocenters. The van der Waals surface area contributed by atoms with Crippen LogP contribution in [0.25, 0.3) is 16.7 Å². The maximum absolute atomic E-state index is 13.3. The highest BCUT2D eigenvalue weighted by Crippen LogP contribution is 2.20. The minimum absolute atomic E-state index is 0.00321. The summed E-state index contributed by atoms with van der Waals surface area (Å²) in [7, 11) is 0. The average Bonchev–Trinajstić information content (AvgIpc) is 3.30. The summed E-state index contributed by atoms with van der Waals surface area (Å²) in [4.78, 5) is 39.3. The van der Waals surface area contributed by atoms with E-state index in [0.29, 0.717) is 66.4 Å². The van der Waals surface area contributed by atoms with Crippen molar-refractivity contribution in [3.05, 3.63) is 75.3 Å². The Hall–Kier alpha value is -3.72. The van der Waals surface area contributed by atoms with Gasteiger partial charge in [0, 0.05) is 36.9 Å². The van der Waals surface area contributed by atoms with Gasteiger partial charge in [0.25, 0.3) is 5.56 Å². The van der Waals surface area contributed by atoms with Gasteiger partial charge in [-0.3, -0.25) is 23.4 Å². The highest BCUT2D eigenvalue weighted by Gasteiger charge is 2.26. The number of halogens is 1. The van der Waals surface area contributed by atoms with Gasteiger partial charge in [-0.25, -0.2) is 0 Å². The van der Waals surface area contributed by atoms with Crippen LogP contribution in [0, 0.1) is 5.92 Å². The van der Waals surface area contributed by atoms with E-state index in [9.17, 15) is 14.4 Å². The number of hydrogen-bond donors (Lipinski definition) is 1. The van der Waals surface area contributed by atoms with E-state index in [1.54, 1.807) is 27.7 Å². The number of aromatic nitrogens is 4. The summed E-state index contributed by atoms with van der Waals surface area (Å²) in [6.45, 7) is 1.36. The topological polar surface area (TPSA) is 116 Å². The number of nitrogens with two attached hydrogens (primary N) is 1. The number of carbonyl (C=O) groups is 2.